The molecule has 0 fully saturated rings. The Kier molecular flexibility index (Phi) is 8.69. The zero-order chi connectivity index (χ0) is 24.1. The molecule has 9 heteroatoms. The molecule has 2 amide bonds. The first kappa shape index (κ1) is 25.7. The van der Waals surface area contributed by atoms with Gasteiger partial charge in [-0.3, -0.25) is 13.9 Å². The number of anilines is 1. The summed E-state index contributed by atoms with van der Waals surface area (Å²) in [5.74, 6) is -0.783. The van der Waals surface area contributed by atoms with Crippen molar-refractivity contribution in [1.82, 2.24) is 10.2 Å². The van der Waals surface area contributed by atoms with Crippen molar-refractivity contribution in [1.29, 1.82) is 0 Å². The third-order valence-electron chi connectivity index (χ3n) is 5.21. The Morgan fingerprint density at radius 2 is 1.72 bits per heavy atom. The average Bonchev–Trinajstić information content (AvgIpc) is 2.73. The monoisotopic (exact) mass is 479 g/mol. The minimum absolute atomic E-state index is 0.145. The Hall–Kier alpha value is -2.58. The van der Waals surface area contributed by atoms with Crippen LogP contribution < -0.4 is 9.62 Å². The van der Waals surface area contributed by atoms with Crippen molar-refractivity contribution in [2.24, 2.45) is 0 Å². The van der Waals surface area contributed by atoms with E-state index in [-0.39, 0.29) is 12.5 Å². The van der Waals surface area contributed by atoms with Gasteiger partial charge in [-0.2, -0.15) is 0 Å². The van der Waals surface area contributed by atoms with Crippen LogP contribution in [0.3, 0.4) is 0 Å². The molecule has 0 aliphatic heterocycles. The number of rotatable bonds is 9. The molecule has 0 spiro atoms. The van der Waals surface area contributed by atoms with Crippen molar-refractivity contribution < 1.29 is 18.0 Å². The molecule has 1 N–H and O–H groups in total. The number of likely N-dealkylation sites (N-methyl/N-ethyl adjacent to an activating group) is 1. The Bertz CT molecular complexity index is 1070. The van der Waals surface area contributed by atoms with E-state index in [0.29, 0.717) is 17.1 Å². The first-order valence-corrected chi connectivity index (χ1v) is 12.5. The lowest BCUT2D eigenvalue weighted by atomic mass is 10.1. The molecule has 1 atom stereocenters. The number of benzene rings is 2. The second kappa shape index (κ2) is 10.8. The number of nitrogens with zero attached hydrogens (tertiary/aromatic N) is 2. The van der Waals surface area contributed by atoms with Gasteiger partial charge in [-0.05, 0) is 55.2 Å². The van der Waals surface area contributed by atoms with Crippen LogP contribution >= 0.6 is 11.6 Å². The number of halogens is 1. The third kappa shape index (κ3) is 6.46. The van der Waals surface area contributed by atoms with Gasteiger partial charge < -0.3 is 10.2 Å². The lowest BCUT2D eigenvalue weighted by molar-refractivity contribution is -0.140. The van der Waals surface area contributed by atoms with E-state index < -0.39 is 28.5 Å². The molecule has 2 aromatic carbocycles. The molecule has 2 aromatic rings. The van der Waals surface area contributed by atoms with Crippen LogP contribution in [-0.4, -0.2) is 51.0 Å². The molecule has 0 aromatic heterocycles. The Morgan fingerprint density at radius 3 is 2.25 bits per heavy atom. The summed E-state index contributed by atoms with van der Waals surface area (Å²) in [7, 11) is -2.25. The number of sulfonamides is 1. The number of aryl methyl sites for hydroxylation is 2. The number of carbonyl (C=O) groups is 2. The van der Waals surface area contributed by atoms with Gasteiger partial charge in [-0.1, -0.05) is 42.8 Å². The summed E-state index contributed by atoms with van der Waals surface area (Å²) >= 11 is 5.97. The Labute approximate surface area is 195 Å². The van der Waals surface area contributed by atoms with E-state index in [1.165, 1.54) is 11.9 Å². The van der Waals surface area contributed by atoms with E-state index in [4.69, 9.17) is 11.6 Å². The van der Waals surface area contributed by atoms with Gasteiger partial charge in [0.05, 0.1) is 11.9 Å². The molecule has 7 nitrogen and oxygen atoms in total. The highest BCUT2D eigenvalue weighted by atomic mass is 35.5. The van der Waals surface area contributed by atoms with Gasteiger partial charge >= 0.3 is 0 Å². The zero-order valence-electron chi connectivity index (χ0n) is 19.1. The molecule has 0 saturated heterocycles. The fraction of sp³-hybridized carbons (Fsp3) is 0.391. The topological polar surface area (TPSA) is 86.8 Å². The first-order chi connectivity index (χ1) is 15.0. The predicted molar refractivity (Wildman–Crippen MR) is 128 cm³/mol. The minimum Gasteiger partial charge on any atom is -0.357 e. The molecular formula is C23H30ClN3O4S. The maximum atomic E-state index is 13.5. The van der Waals surface area contributed by atoms with Gasteiger partial charge in [0.1, 0.15) is 12.6 Å². The van der Waals surface area contributed by atoms with Gasteiger partial charge in [-0.25, -0.2) is 8.42 Å². The SMILES string of the molecule is CCC(C(=O)NC)N(Cc1ccc(Cl)cc1)C(=O)CN(c1cc(C)ccc1C)S(C)(=O)=O. The third-order valence-corrected chi connectivity index (χ3v) is 6.59. The normalized spacial score (nSPS) is 12.2. The minimum atomic E-state index is -3.75. The van der Waals surface area contributed by atoms with Crippen molar-refractivity contribution in [3.8, 4) is 0 Å². The van der Waals surface area contributed by atoms with Crippen LogP contribution in [0, 0.1) is 13.8 Å². The molecule has 32 heavy (non-hydrogen) atoms. The highest BCUT2D eigenvalue weighted by molar-refractivity contribution is 7.92. The van der Waals surface area contributed by atoms with Gasteiger partial charge in [0.15, 0.2) is 0 Å². The van der Waals surface area contributed by atoms with Crippen molar-refractivity contribution in [2.45, 2.75) is 39.8 Å². The first-order valence-electron chi connectivity index (χ1n) is 10.3. The van der Waals surface area contributed by atoms with Crippen LogP contribution in [-0.2, 0) is 26.2 Å². The average molecular weight is 480 g/mol. The summed E-state index contributed by atoms with van der Waals surface area (Å²) in [5.41, 5.74) is 2.83. The van der Waals surface area contributed by atoms with E-state index in [0.717, 1.165) is 27.3 Å². The fourth-order valence-corrected chi connectivity index (χ4v) is 4.48. The number of carbonyl (C=O) groups excluding carboxylic acids is 2. The summed E-state index contributed by atoms with van der Waals surface area (Å²) < 4.78 is 26.4. The maximum absolute atomic E-state index is 13.5. The summed E-state index contributed by atoms with van der Waals surface area (Å²) in [6.07, 6.45) is 1.45. The second-order valence-electron chi connectivity index (χ2n) is 7.75. The number of hydrogen-bond donors (Lipinski definition) is 1. The molecule has 0 heterocycles. The molecule has 0 saturated carbocycles. The summed E-state index contributed by atoms with van der Waals surface area (Å²) in [6.45, 7) is 5.19. The van der Waals surface area contributed by atoms with E-state index in [9.17, 15) is 18.0 Å². The van der Waals surface area contributed by atoms with Crippen molar-refractivity contribution in [3.05, 3.63) is 64.2 Å². The molecule has 0 bridgehead atoms. The molecular weight excluding hydrogens is 450 g/mol. The van der Waals surface area contributed by atoms with Crippen molar-refractivity contribution in [2.75, 3.05) is 24.2 Å². The number of amides is 2. The Morgan fingerprint density at radius 1 is 1.09 bits per heavy atom. The lowest BCUT2D eigenvalue weighted by Crippen LogP contribution is -2.51. The highest BCUT2D eigenvalue weighted by Gasteiger charge is 2.31. The summed E-state index contributed by atoms with van der Waals surface area (Å²) in [5, 5.41) is 3.15. The molecule has 174 valence electrons. The van der Waals surface area contributed by atoms with Crippen LogP contribution in [0.15, 0.2) is 42.5 Å². The van der Waals surface area contributed by atoms with E-state index in [2.05, 4.69) is 5.32 Å². The fourth-order valence-electron chi connectivity index (χ4n) is 3.46. The van der Waals surface area contributed by atoms with Gasteiger partial charge in [-0.15, -0.1) is 0 Å². The van der Waals surface area contributed by atoms with Gasteiger partial charge in [0.2, 0.25) is 21.8 Å². The molecule has 0 aliphatic rings. The number of hydrogen-bond acceptors (Lipinski definition) is 4. The predicted octanol–water partition coefficient (Wildman–Crippen LogP) is 3.28. The van der Waals surface area contributed by atoms with Crippen LogP contribution in [0.4, 0.5) is 5.69 Å². The van der Waals surface area contributed by atoms with Gasteiger partial charge in [0, 0.05) is 18.6 Å². The van der Waals surface area contributed by atoms with Crippen LogP contribution in [0.5, 0.6) is 0 Å². The molecule has 0 radical (unpaired) electrons. The maximum Gasteiger partial charge on any atom is 0.244 e. The molecule has 0 aliphatic carbocycles. The standard InChI is InChI=1S/C23H30ClN3O4S/c1-6-20(23(29)25-4)26(14-18-9-11-19(24)12-10-18)22(28)15-27(32(5,30)31)21-13-16(2)7-8-17(21)3/h7-13,20H,6,14-15H2,1-5H3,(H,25,29). The quantitative estimate of drug-likeness (QED) is 0.598. The van der Waals surface area contributed by atoms with E-state index in [1.54, 1.807) is 44.2 Å². The van der Waals surface area contributed by atoms with E-state index >= 15 is 0 Å². The molecule has 2 rings (SSSR count). The van der Waals surface area contributed by atoms with Crippen LogP contribution in [0.25, 0.3) is 0 Å². The highest BCUT2D eigenvalue weighted by Crippen LogP contribution is 2.25. The van der Waals surface area contributed by atoms with E-state index in [1.807, 2.05) is 19.1 Å². The van der Waals surface area contributed by atoms with Gasteiger partial charge in [0.25, 0.3) is 0 Å². The summed E-state index contributed by atoms with van der Waals surface area (Å²) in [4.78, 5) is 27.4. The summed E-state index contributed by atoms with van der Waals surface area (Å²) in [6, 6.07) is 11.7. The zero-order valence-corrected chi connectivity index (χ0v) is 20.6. The van der Waals surface area contributed by atoms with Crippen molar-refractivity contribution in [3.63, 3.8) is 0 Å². The van der Waals surface area contributed by atoms with Crippen LogP contribution in [0.1, 0.15) is 30.0 Å². The lowest BCUT2D eigenvalue weighted by Gasteiger charge is -2.33. The molecule has 1 unspecified atom stereocenters. The van der Waals surface area contributed by atoms with Crippen molar-refractivity contribution >= 4 is 39.1 Å². The largest absolute Gasteiger partial charge is 0.357 e. The van der Waals surface area contributed by atoms with Crippen LogP contribution in [0.2, 0.25) is 5.02 Å². The second-order valence-corrected chi connectivity index (χ2v) is 10.1. The smallest absolute Gasteiger partial charge is 0.244 e. The number of nitrogens with one attached hydrogen (secondary N) is 1. The Balaban J connectivity index is 2.46.